The van der Waals surface area contributed by atoms with Gasteiger partial charge in [-0.3, -0.25) is 4.79 Å². The van der Waals surface area contributed by atoms with Crippen molar-refractivity contribution in [3.63, 3.8) is 0 Å². The summed E-state index contributed by atoms with van der Waals surface area (Å²) in [4.78, 5) is 12.5. The van der Waals surface area contributed by atoms with E-state index in [0.717, 1.165) is 9.99 Å². The summed E-state index contributed by atoms with van der Waals surface area (Å²) in [5.41, 5.74) is 2.64. The second kappa shape index (κ2) is 6.72. The molecule has 0 bridgehead atoms. The quantitative estimate of drug-likeness (QED) is 0.478. The highest BCUT2D eigenvalue weighted by molar-refractivity contribution is 14.1. The molecular formula is C17H16ClIO. The molecule has 20 heavy (non-hydrogen) atoms. The van der Waals surface area contributed by atoms with Gasteiger partial charge in [0.1, 0.15) is 0 Å². The summed E-state index contributed by atoms with van der Waals surface area (Å²) in [5.74, 6) is 0.540. The molecule has 0 aliphatic carbocycles. The van der Waals surface area contributed by atoms with E-state index in [9.17, 15) is 4.79 Å². The molecule has 0 N–H and O–H groups in total. The number of benzene rings is 2. The fraction of sp³-hybridized carbons (Fsp3) is 0.235. The van der Waals surface area contributed by atoms with E-state index in [2.05, 4.69) is 36.4 Å². The SMILES string of the molecule is CCC(C)c1ccc(C(=O)c2cc(Cl)ccc2I)cc1. The molecule has 0 radical (unpaired) electrons. The van der Waals surface area contributed by atoms with Gasteiger partial charge >= 0.3 is 0 Å². The summed E-state index contributed by atoms with van der Waals surface area (Å²) in [7, 11) is 0. The van der Waals surface area contributed by atoms with Crippen LogP contribution in [-0.2, 0) is 0 Å². The van der Waals surface area contributed by atoms with Crippen LogP contribution < -0.4 is 0 Å². The number of hydrogen-bond donors (Lipinski definition) is 0. The first-order chi connectivity index (χ1) is 9.52. The number of halogens is 2. The van der Waals surface area contributed by atoms with Crippen molar-refractivity contribution in [2.24, 2.45) is 0 Å². The molecule has 1 atom stereocenters. The number of carbonyl (C=O) groups excluding carboxylic acids is 1. The molecule has 0 saturated carbocycles. The molecule has 0 aliphatic heterocycles. The van der Waals surface area contributed by atoms with Crippen molar-refractivity contribution >= 4 is 40.0 Å². The molecule has 1 nitrogen and oxygen atoms in total. The minimum absolute atomic E-state index is 0.0209. The number of hydrogen-bond acceptors (Lipinski definition) is 1. The van der Waals surface area contributed by atoms with Crippen molar-refractivity contribution in [3.05, 3.63) is 67.7 Å². The molecule has 2 rings (SSSR count). The molecule has 0 aliphatic rings. The summed E-state index contributed by atoms with van der Waals surface area (Å²) in [6.45, 7) is 4.36. The van der Waals surface area contributed by atoms with E-state index in [-0.39, 0.29) is 5.78 Å². The third-order valence-electron chi connectivity index (χ3n) is 3.53. The van der Waals surface area contributed by atoms with Gasteiger partial charge in [0.05, 0.1) is 0 Å². The van der Waals surface area contributed by atoms with Crippen molar-refractivity contribution in [3.8, 4) is 0 Å². The number of rotatable bonds is 4. The predicted molar refractivity (Wildman–Crippen MR) is 92.7 cm³/mol. The molecule has 0 spiro atoms. The smallest absolute Gasteiger partial charge is 0.194 e. The summed E-state index contributed by atoms with van der Waals surface area (Å²) < 4.78 is 0.919. The maximum Gasteiger partial charge on any atom is 0.194 e. The summed E-state index contributed by atoms with van der Waals surface area (Å²) in [6, 6.07) is 13.3. The van der Waals surface area contributed by atoms with Crippen molar-refractivity contribution in [2.45, 2.75) is 26.2 Å². The van der Waals surface area contributed by atoms with Crippen LogP contribution in [0.4, 0.5) is 0 Å². The van der Waals surface area contributed by atoms with Crippen molar-refractivity contribution < 1.29 is 4.79 Å². The Morgan fingerprint density at radius 2 is 1.85 bits per heavy atom. The highest BCUT2D eigenvalue weighted by Gasteiger charge is 2.13. The van der Waals surface area contributed by atoms with Crippen molar-refractivity contribution in [2.75, 3.05) is 0 Å². The van der Waals surface area contributed by atoms with Crippen LogP contribution in [0.3, 0.4) is 0 Å². The molecule has 2 aromatic carbocycles. The largest absolute Gasteiger partial charge is 0.289 e. The fourth-order valence-electron chi connectivity index (χ4n) is 2.03. The van der Waals surface area contributed by atoms with E-state index in [1.807, 2.05) is 30.3 Å². The average molecular weight is 399 g/mol. The molecular weight excluding hydrogens is 383 g/mol. The highest BCUT2D eigenvalue weighted by atomic mass is 127. The van der Waals surface area contributed by atoms with Gasteiger partial charge in [0.25, 0.3) is 0 Å². The van der Waals surface area contributed by atoms with E-state index in [4.69, 9.17) is 11.6 Å². The lowest BCUT2D eigenvalue weighted by Gasteiger charge is -2.10. The van der Waals surface area contributed by atoms with Crippen molar-refractivity contribution in [1.82, 2.24) is 0 Å². The van der Waals surface area contributed by atoms with Crippen molar-refractivity contribution in [1.29, 1.82) is 0 Å². The van der Waals surface area contributed by atoms with E-state index in [1.165, 1.54) is 5.56 Å². The average Bonchev–Trinajstić information content (AvgIpc) is 2.48. The van der Waals surface area contributed by atoms with E-state index < -0.39 is 0 Å². The van der Waals surface area contributed by atoms with Crippen LogP contribution >= 0.6 is 34.2 Å². The summed E-state index contributed by atoms with van der Waals surface area (Å²) in [5, 5.41) is 0.588. The maximum atomic E-state index is 12.5. The molecule has 3 heteroatoms. The summed E-state index contributed by atoms with van der Waals surface area (Å²) >= 11 is 8.14. The van der Waals surface area contributed by atoms with Crippen LogP contribution in [0, 0.1) is 3.57 Å². The zero-order valence-corrected chi connectivity index (χ0v) is 14.4. The lowest BCUT2D eigenvalue weighted by atomic mass is 9.95. The van der Waals surface area contributed by atoms with E-state index in [1.54, 1.807) is 12.1 Å². The van der Waals surface area contributed by atoms with Gasteiger partial charge in [-0.05, 0) is 58.7 Å². The van der Waals surface area contributed by atoms with Crippen LogP contribution in [-0.4, -0.2) is 5.78 Å². The van der Waals surface area contributed by atoms with Gasteiger partial charge in [-0.2, -0.15) is 0 Å². The number of carbonyl (C=O) groups is 1. The Kier molecular flexibility index (Phi) is 5.22. The molecule has 0 saturated heterocycles. The minimum atomic E-state index is 0.0209. The lowest BCUT2D eigenvalue weighted by molar-refractivity contribution is 0.103. The Hall–Kier alpha value is -0.870. The summed E-state index contributed by atoms with van der Waals surface area (Å²) in [6.07, 6.45) is 1.10. The van der Waals surface area contributed by atoms with Crippen LogP contribution in [0.15, 0.2) is 42.5 Å². The monoisotopic (exact) mass is 398 g/mol. The topological polar surface area (TPSA) is 17.1 Å². The van der Waals surface area contributed by atoms with Crippen LogP contribution in [0.2, 0.25) is 5.02 Å². The third-order valence-corrected chi connectivity index (χ3v) is 4.70. The van der Waals surface area contributed by atoms with Gasteiger partial charge in [0, 0.05) is 19.7 Å². The van der Waals surface area contributed by atoms with Crippen LogP contribution in [0.5, 0.6) is 0 Å². The third kappa shape index (κ3) is 3.41. The Morgan fingerprint density at radius 1 is 1.20 bits per heavy atom. The molecule has 0 heterocycles. The fourth-order valence-corrected chi connectivity index (χ4v) is 2.78. The van der Waals surface area contributed by atoms with Gasteiger partial charge in [0.15, 0.2) is 5.78 Å². The van der Waals surface area contributed by atoms with Gasteiger partial charge < -0.3 is 0 Å². The zero-order valence-electron chi connectivity index (χ0n) is 11.5. The zero-order chi connectivity index (χ0) is 14.7. The first-order valence-electron chi connectivity index (χ1n) is 6.62. The number of ketones is 1. The Bertz CT molecular complexity index is 619. The Morgan fingerprint density at radius 3 is 2.45 bits per heavy atom. The Labute approximate surface area is 138 Å². The second-order valence-corrected chi connectivity index (χ2v) is 6.48. The highest BCUT2D eigenvalue weighted by Crippen LogP contribution is 2.23. The van der Waals surface area contributed by atoms with E-state index in [0.29, 0.717) is 22.1 Å². The predicted octanol–water partition coefficient (Wildman–Crippen LogP) is 5.69. The molecule has 0 amide bonds. The first-order valence-corrected chi connectivity index (χ1v) is 8.08. The van der Waals surface area contributed by atoms with Gasteiger partial charge in [-0.15, -0.1) is 0 Å². The van der Waals surface area contributed by atoms with Crippen LogP contribution in [0.1, 0.15) is 47.7 Å². The second-order valence-electron chi connectivity index (χ2n) is 4.88. The van der Waals surface area contributed by atoms with Crippen LogP contribution in [0.25, 0.3) is 0 Å². The maximum absolute atomic E-state index is 12.5. The molecule has 104 valence electrons. The minimum Gasteiger partial charge on any atom is -0.289 e. The van der Waals surface area contributed by atoms with Gasteiger partial charge in [0.2, 0.25) is 0 Å². The molecule has 2 aromatic rings. The standard InChI is InChI=1S/C17H16ClIO/c1-3-11(2)12-4-6-13(7-5-12)17(20)15-10-14(18)8-9-16(15)19/h4-11H,3H2,1-2H3. The molecule has 0 aromatic heterocycles. The molecule has 1 unspecified atom stereocenters. The van der Waals surface area contributed by atoms with Gasteiger partial charge in [-0.25, -0.2) is 0 Å². The molecule has 0 fully saturated rings. The normalized spacial score (nSPS) is 12.2. The van der Waals surface area contributed by atoms with E-state index >= 15 is 0 Å². The Balaban J connectivity index is 2.32. The first kappa shape index (κ1) is 15.5. The van der Waals surface area contributed by atoms with Gasteiger partial charge in [-0.1, -0.05) is 49.7 Å². The lowest BCUT2D eigenvalue weighted by Crippen LogP contribution is -2.04.